The summed E-state index contributed by atoms with van der Waals surface area (Å²) in [5, 5.41) is 17.9. The molecule has 3 aromatic heterocycles. The van der Waals surface area contributed by atoms with E-state index in [1.165, 1.54) is 12.8 Å². The van der Waals surface area contributed by atoms with E-state index < -0.39 is 10.0 Å². The molecule has 2 fully saturated rings. The van der Waals surface area contributed by atoms with Crippen molar-refractivity contribution in [3.63, 3.8) is 0 Å². The Morgan fingerprint density at radius 3 is 2.76 bits per heavy atom. The number of pyridine rings is 1. The molecule has 1 saturated carbocycles. The number of nitrogens with zero attached hydrogens (tertiary/aromatic N) is 4. The average molecular weight is 537 g/mol. The smallest absolute Gasteiger partial charge is 0.247 e. The third kappa shape index (κ3) is 4.63. The molecule has 0 radical (unpaired) electrons. The first-order valence-electron chi connectivity index (χ1n) is 13.0. The highest BCUT2D eigenvalue weighted by Gasteiger charge is 2.47. The number of hydrogen-bond acceptors (Lipinski definition) is 8. The van der Waals surface area contributed by atoms with Crippen LogP contribution in [-0.4, -0.2) is 59.5 Å². The Morgan fingerprint density at radius 2 is 2.08 bits per heavy atom. The summed E-state index contributed by atoms with van der Waals surface area (Å²) in [5.41, 5.74) is 4.33. The van der Waals surface area contributed by atoms with Crippen molar-refractivity contribution >= 4 is 27.3 Å². The average Bonchev–Trinajstić information content (AvgIpc) is 3.51. The van der Waals surface area contributed by atoms with Crippen LogP contribution in [0.1, 0.15) is 31.7 Å². The van der Waals surface area contributed by atoms with Crippen molar-refractivity contribution in [3.8, 4) is 16.9 Å². The fourth-order valence-electron chi connectivity index (χ4n) is 5.57. The lowest BCUT2D eigenvalue weighted by atomic mass is 9.58. The molecule has 4 heterocycles. The van der Waals surface area contributed by atoms with Crippen LogP contribution in [0.3, 0.4) is 0 Å². The van der Waals surface area contributed by atoms with Gasteiger partial charge in [0, 0.05) is 48.8 Å². The van der Waals surface area contributed by atoms with E-state index >= 15 is 0 Å². The summed E-state index contributed by atoms with van der Waals surface area (Å²) in [7, 11) is -3.58. The summed E-state index contributed by atoms with van der Waals surface area (Å²) >= 11 is 0. The zero-order valence-corrected chi connectivity index (χ0v) is 22.3. The maximum absolute atomic E-state index is 12.9. The lowest BCUT2D eigenvalue weighted by molar-refractivity contribution is -0.00239. The van der Waals surface area contributed by atoms with Crippen molar-refractivity contribution < 1.29 is 13.2 Å². The van der Waals surface area contributed by atoms with E-state index in [9.17, 15) is 8.42 Å². The van der Waals surface area contributed by atoms with Gasteiger partial charge in [-0.1, -0.05) is 0 Å². The zero-order chi connectivity index (χ0) is 26.3. The van der Waals surface area contributed by atoms with E-state index in [4.69, 9.17) is 4.74 Å². The summed E-state index contributed by atoms with van der Waals surface area (Å²) in [5.74, 6) is 1.61. The van der Waals surface area contributed by atoms with Crippen LogP contribution < -0.4 is 20.1 Å². The second-order valence-corrected chi connectivity index (χ2v) is 12.1. The van der Waals surface area contributed by atoms with Crippen molar-refractivity contribution in [1.29, 1.82) is 0 Å². The first kappa shape index (κ1) is 24.8. The highest BCUT2D eigenvalue weighted by atomic mass is 32.2. The topological polar surface area (TPSA) is 138 Å². The number of fused-ring (bicyclic) bond motifs is 1. The minimum atomic E-state index is -3.58. The maximum Gasteiger partial charge on any atom is 0.247 e. The van der Waals surface area contributed by atoms with Crippen molar-refractivity contribution in [2.45, 2.75) is 38.0 Å². The SMILES string of the molecule is CCOc1c(-c2cn[nH]c2)ccn2nc(Nc3ccc(S(=O)(=O)NCCC4CC5(CNC5)C4)cc3C)nc12. The molecule has 1 aliphatic carbocycles. The lowest BCUT2D eigenvalue weighted by Gasteiger charge is -2.54. The van der Waals surface area contributed by atoms with E-state index in [1.54, 1.807) is 35.1 Å². The molecule has 1 aliphatic heterocycles. The Kier molecular flexibility index (Phi) is 6.33. The van der Waals surface area contributed by atoms with E-state index in [0.29, 0.717) is 41.8 Å². The van der Waals surface area contributed by atoms with E-state index in [1.807, 2.05) is 26.1 Å². The van der Waals surface area contributed by atoms with Gasteiger partial charge in [-0.3, -0.25) is 5.10 Å². The van der Waals surface area contributed by atoms with Crippen molar-refractivity contribution in [2.75, 3.05) is 31.6 Å². The number of anilines is 2. The maximum atomic E-state index is 12.9. The number of rotatable bonds is 10. The first-order chi connectivity index (χ1) is 18.4. The normalized spacial score (nSPS) is 16.9. The minimum Gasteiger partial charge on any atom is -0.489 e. The van der Waals surface area contributed by atoms with Crippen LogP contribution in [0.5, 0.6) is 5.75 Å². The molecule has 6 rings (SSSR count). The number of benzene rings is 1. The van der Waals surface area contributed by atoms with Gasteiger partial charge < -0.3 is 15.4 Å². The van der Waals surface area contributed by atoms with Gasteiger partial charge >= 0.3 is 0 Å². The van der Waals surface area contributed by atoms with Crippen molar-refractivity contribution in [3.05, 3.63) is 48.4 Å². The largest absolute Gasteiger partial charge is 0.489 e. The zero-order valence-electron chi connectivity index (χ0n) is 21.5. The number of aryl methyl sites for hydroxylation is 1. The summed E-state index contributed by atoms with van der Waals surface area (Å²) < 4.78 is 36.1. The second kappa shape index (κ2) is 9.68. The van der Waals surface area contributed by atoms with Crippen molar-refractivity contribution in [1.82, 2.24) is 34.8 Å². The molecule has 2 aliphatic rings. The highest BCUT2D eigenvalue weighted by Crippen LogP contribution is 2.49. The summed E-state index contributed by atoms with van der Waals surface area (Å²) in [6.07, 6.45) is 8.63. The fourth-order valence-corrected chi connectivity index (χ4v) is 6.70. The predicted molar refractivity (Wildman–Crippen MR) is 144 cm³/mol. The van der Waals surface area contributed by atoms with Crippen molar-refractivity contribution in [2.24, 2.45) is 11.3 Å². The summed E-state index contributed by atoms with van der Waals surface area (Å²) in [4.78, 5) is 4.90. The van der Waals surface area contributed by atoms with Gasteiger partial charge in [-0.05, 0) is 74.3 Å². The lowest BCUT2D eigenvalue weighted by Crippen LogP contribution is -2.60. The first-order valence-corrected chi connectivity index (χ1v) is 14.4. The standard InChI is InChI=1S/C26H32N8O3S/c1-3-37-23-21(19-13-28-29-14-19)7-9-34-24(23)32-25(33-34)31-22-5-4-20(10-17(22)2)38(35,36)30-8-6-18-11-26(12-18)15-27-16-26/h4-5,7,9-10,13-14,18,27,30H,3,6,8,11-12,15-16H2,1-2H3,(H,28,29)(H,31,33). The molecule has 12 heteroatoms. The number of H-pyrrole nitrogens is 1. The third-order valence-electron chi connectivity index (χ3n) is 7.60. The van der Waals surface area contributed by atoms with Crippen LogP contribution >= 0.6 is 0 Å². The number of aromatic nitrogens is 5. The third-order valence-corrected chi connectivity index (χ3v) is 9.06. The number of ether oxygens (including phenoxy) is 1. The molecule has 38 heavy (non-hydrogen) atoms. The van der Waals surface area contributed by atoms with Gasteiger partial charge in [0.15, 0.2) is 11.4 Å². The molecule has 1 spiro atoms. The van der Waals surface area contributed by atoms with Crippen LogP contribution in [0.15, 0.2) is 47.8 Å². The number of hydrogen-bond donors (Lipinski definition) is 4. The Bertz CT molecular complexity index is 1550. The molecule has 1 aromatic carbocycles. The van der Waals surface area contributed by atoms with E-state index in [0.717, 1.165) is 41.9 Å². The predicted octanol–water partition coefficient (Wildman–Crippen LogP) is 3.24. The van der Waals surface area contributed by atoms with Crippen LogP contribution in [0.2, 0.25) is 0 Å². The Labute approximate surface area is 221 Å². The van der Waals surface area contributed by atoms with Crippen LogP contribution in [0.25, 0.3) is 16.8 Å². The quantitative estimate of drug-likeness (QED) is 0.242. The van der Waals surface area contributed by atoms with Gasteiger partial charge in [0.05, 0.1) is 17.7 Å². The molecule has 4 N–H and O–H groups in total. The Balaban J connectivity index is 1.15. The van der Waals surface area contributed by atoms with Gasteiger partial charge in [0.2, 0.25) is 16.0 Å². The molecule has 4 aromatic rings. The molecule has 0 atom stereocenters. The molecule has 0 unspecified atom stereocenters. The van der Waals surface area contributed by atoms with Crippen LogP contribution in [0, 0.1) is 18.3 Å². The number of nitrogens with one attached hydrogen (secondary N) is 4. The summed E-state index contributed by atoms with van der Waals surface area (Å²) in [6, 6.07) is 6.93. The second-order valence-electron chi connectivity index (χ2n) is 10.3. The van der Waals surface area contributed by atoms with E-state index in [-0.39, 0.29) is 4.90 Å². The Hall–Kier alpha value is -3.48. The van der Waals surface area contributed by atoms with E-state index in [2.05, 4.69) is 35.6 Å². The molecule has 1 saturated heterocycles. The molecule has 0 amide bonds. The van der Waals surface area contributed by atoms with Crippen LogP contribution in [0.4, 0.5) is 11.6 Å². The Morgan fingerprint density at radius 1 is 1.24 bits per heavy atom. The van der Waals surface area contributed by atoms with Gasteiger partial charge in [-0.15, -0.1) is 5.10 Å². The number of sulfonamides is 1. The fraction of sp³-hybridized carbons (Fsp3) is 0.423. The van der Waals surface area contributed by atoms with Gasteiger partial charge in [0.1, 0.15) is 0 Å². The monoisotopic (exact) mass is 536 g/mol. The van der Waals surface area contributed by atoms with Gasteiger partial charge in [-0.2, -0.15) is 10.1 Å². The molecular formula is C26H32N8O3S. The highest BCUT2D eigenvalue weighted by molar-refractivity contribution is 7.89. The molecule has 0 bridgehead atoms. The van der Waals surface area contributed by atoms with Gasteiger partial charge in [0.25, 0.3) is 0 Å². The minimum absolute atomic E-state index is 0.250. The molecular weight excluding hydrogens is 504 g/mol. The van der Waals surface area contributed by atoms with Crippen LogP contribution in [-0.2, 0) is 10.0 Å². The molecule has 200 valence electrons. The van der Waals surface area contributed by atoms with Gasteiger partial charge in [-0.25, -0.2) is 17.7 Å². The summed E-state index contributed by atoms with van der Waals surface area (Å²) in [6.45, 7) is 6.94. The molecule has 11 nitrogen and oxygen atoms in total. The number of aromatic amines is 1.